The molecule has 3 rings (SSSR count). The van der Waals surface area contributed by atoms with E-state index in [1.807, 2.05) is 13.8 Å². The Kier molecular flexibility index (Phi) is 18.9. The van der Waals surface area contributed by atoms with Crippen LogP contribution in [0.3, 0.4) is 0 Å². The number of azo groups is 1. The number of alkyl carbamates (subject to hydrolysis) is 1. The first kappa shape index (κ1) is 42.8. The molecule has 0 radical (unpaired) electrons. The first-order chi connectivity index (χ1) is 24.5. The van der Waals surface area contributed by atoms with Crippen molar-refractivity contribution in [1.82, 2.24) is 10.6 Å². The molecule has 0 aromatic rings. The number of fused-ring (bicyclic) bond motifs is 1. The van der Waals surface area contributed by atoms with E-state index in [0.29, 0.717) is 70.5 Å². The number of unbranched alkanes of at least 4 members (excludes halogenated alkanes) is 7. The van der Waals surface area contributed by atoms with Crippen LogP contribution in [0.15, 0.2) is 21.5 Å². The number of carbonyl (C=O) groups excluding carboxylic acids is 2. The van der Waals surface area contributed by atoms with Crippen LogP contribution < -0.4 is 10.6 Å². The van der Waals surface area contributed by atoms with E-state index in [9.17, 15) is 19.5 Å². The van der Waals surface area contributed by atoms with Crippen LogP contribution >= 0.6 is 0 Å². The zero-order valence-electron chi connectivity index (χ0n) is 32.3. The molecule has 3 N–H and O–H groups in total. The number of hydrogen-bond donors (Lipinski definition) is 3. The molecule has 0 bridgehead atoms. The second-order valence-corrected chi connectivity index (χ2v) is 15.9. The highest BCUT2D eigenvalue weighted by atomic mass is 16.6. The fourth-order valence-corrected chi connectivity index (χ4v) is 7.34. The standard InChI is InChI=1S/C39H68N4O8/c1-38(2,19-12-10-8-6-7-9-11-13-20-39(3,4)36(45)46)35(44)41-21-23-49-25-27-50-26-24-48-22-18-34-31-15-14-29-30(16-17-33(31)42-43-34)32(29)28-51-37(47)40-5/h29-30,32,34H,6-28H2,1-5H3,(H,40,47)(H,41,44)(H,45,46)/t29-,30+,32-,34?/m0/s1. The minimum atomic E-state index is -0.713. The van der Waals surface area contributed by atoms with Crippen molar-refractivity contribution in [2.45, 2.75) is 130 Å². The quantitative estimate of drug-likeness (QED) is 0.0739. The van der Waals surface area contributed by atoms with Crippen LogP contribution in [0.25, 0.3) is 0 Å². The Bertz CT molecular complexity index is 1140. The third-order valence-corrected chi connectivity index (χ3v) is 11.0. The highest BCUT2D eigenvalue weighted by Gasteiger charge is 2.50. The molecule has 0 saturated heterocycles. The summed E-state index contributed by atoms with van der Waals surface area (Å²) in [6.07, 6.45) is 15.2. The fraction of sp³-hybridized carbons (Fsp3) is 0.872. The smallest absolute Gasteiger partial charge is 0.406 e. The van der Waals surface area contributed by atoms with Crippen LogP contribution in [0.2, 0.25) is 0 Å². The van der Waals surface area contributed by atoms with E-state index >= 15 is 0 Å². The van der Waals surface area contributed by atoms with Gasteiger partial charge in [-0.1, -0.05) is 65.2 Å². The van der Waals surface area contributed by atoms with Gasteiger partial charge < -0.3 is 34.7 Å². The zero-order chi connectivity index (χ0) is 37.1. The molecular weight excluding hydrogens is 652 g/mol. The van der Waals surface area contributed by atoms with Crippen molar-refractivity contribution in [2.75, 3.05) is 59.8 Å². The molecule has 0 aromatic carbocycles. The number of nitrogens with one attached hydrogen (secondary N) is 2. The van der Waals surface area contributed by atoms with E-state index in [1.165, 1.54) is 24.8 Å². The van der Waals surface area contributed by atoms with Gasteiger partial charge in [-0.2, -0.15) is 10.2 Å². The Morgan fingerprint density at radius 2 is 1.31 bits per heavy atom. The van der Waals surface area contributed by atoms with Crippen LogP contribution in [-0.2, 0) is 28.5 Å². The summed E-state index contributed by atoms with van der Waals surface area (Å²) in [6.45, 7) is 11.7. The lowest BCUT2D eigenvalue weighted by molar-refractivity contribution is -0.147. The van der Waals surface area contributed by atoms with Gasteiger partial charge in [0.2, 0.25) is 5.91 Å². The molecule has 1 aliphatic heterocycles. The highest BCUT2D eigenvalue weighted by Crippen LogP contribution is 2.55. The van der Waals surface area contributed by atoms with E-state index in [1.54, 1.807) is 20.9 Å². The van der Waals surface area contributed by atoms with Crippen molar-refractivity contribution in [3.05, 3.63) is 11.3 Å². The number of rotatable bonds is 27. The van der Waals surface area contributed by atoms with E-state index in [-0.39, 0.29) is 18.0 Å². The molecule has 2 aliphatic carbocycles. The van der Waals surface area contributed by atoms with Gasteiger partial charge in [0.1, 0.15) is 0 Å². The van der Waals surface area contributed by atoms with Crippen molar-refractivity contribution in [3.63, 3.8) is 0 Å². The van der Waals surface area contributed by atoms with Gasteiger partial charge in [0, 0.05) is 25.6 Å². The van der Waals surface area contributed by atoms with Crippen molar-refractivity contribution in [3.8, 4) is 0 Å². The summed E-state index contributed by atoms with van der Waals surface area (Å²) >= 11 is 0. The molecule has 1 heterocycles. The molecule has 3 aliphatic rings. The van der Waals surface area contributed by atoms with E-state index in [2.05, 4.69) is 20.9 Å². The molecule has 1 saturated carbocycles. The number of carboxylic acids is 1. The van der Waals surface area contributed by atoms with Gasteiger partial charge >= 0.3 is 12.1 Å². The predicted molar refractivity (Wildman–Crippen MR) is 196 cm³/mol. The summed E-state index contributed by atoms with van der Waals surface area (Å²) in [5.41, 5.74) is 1.51. The molecule has 4 atom stereocenters. The van der Waals surface area contributed by atoms with Crippen LogP contribution in [0.1, 0.15) is 124 Å². The monoisotopic (exact) mass is 721 g/mol. The predicted octanol–water partition coefficient (Wildman–Crippen LogP) is 7.46. The first-order valence-corrected chi connectivity index (χ1v) is 19.7. The first-order valence-electron chi connectivity index (χ1n) is 19.7. The average molecular weight is 721 g/mol. The van der Waals surface area contributed by atoms with Gasteiger partial charge in [-0.25, -0.2) is 4.79 Å². The lowest BCUT2D eigenvalue weighted by Gasteiger charge is -2.23. The number of carboxylic acid groups (broad SMARTS) is 1. The number of amides is 2. The van der Waals surface area contributed by atoms with Gasteiger partial charge in [-0.3, -0.25) is 9.59 Å². The molecular formula is C39H68N4O8. The number of aliphatic carboxylic acids is 1. The van der Waals surface area contributed by atoms with Crippen molar-refractivity contribution in [2.24, 2.45) is 38.8 Å². The third-order valence-electron chi connectivity index (χ3n) is 11.0. The minimum Gasteiger partial charge on any atom is -0.481 e. The van der Waals surface area contributed by atoms with Crippen LogP contribution in [-0.4, -0.2) is 89.0 Å². The van der Waals surface area contributed by atoms with Gasteiger partial charge in [-0.15, -0.1) is 0 Å². The number of carbonyl (C=O) groups is 3. The van der Waals surface area contributed by atoms with Gasteiger partial charge in [0.25, 0.3) is 0 Å². The molecule has 1 fully saturated rings. The van der Waals surface area contributed by atoms with Crippen molar-refractivity contribution in [1.29, 1.82) is 0 Å². The molecule has 1 unspecified atom stereocenters. The van der Waals surface area contributed by atoms with E-state index in [0.717, 1.165) is 82.7 Å². The summed E-state index contributed by atoms with van der Waals surface area (Å²) in [4.78, 5) is 35.3. The Labute approximate surface area is 306 Å². The molecule has 12 nitrogen and oxygen atoms in total. The zero-order valence-corrected chi connectivity index (χ0v) is 32.3. The maximum Gasteiger partial charge on any atom is 0.406 e. The van der Waals surface area contributed by atoms with Gasteiger partial charge in [0.15, 0.2) is 0 Å². The SMILES string of the molecule is CNC(=O)OC[C@@H]1[C@@H]2CCC3=C(CC[C@@H]21)C(CCOCCOCCOCCNC(=O)C(C)(C)CCCCCCCCCCC(C)(C)C(=O)O)N=N3. The maximum absolute atomic E-state index is 12.7. The van der Waals surface area contributed by atoms with Gasteiger partial charge in [0.05, 0.1) is 56.8 Å². The lowest BCUT2D eigenvalue weighted by Crippen LogP contribution is -2.38. The molecule has 12 heteroatoms. The topological polar surface area (TPSA) is 157 Å². The Balaban J connectivity index is 1.09. The van der Waals surface area contributed by atoms with Gasteiger partial charge in [-0.05, 0) is 82.1 Å². The van der Waals surface area contributed by atoms with Crippen molar-refractivity contribution < 1.29 is 38.4 Å². The average Bonchev–Trinajstić information content (AvgIpc) is 3.60. The Morgan fingerprint density at radius 1 is 0.765 bits per heavy atom. The molecule has 292 valence electrons. The maximum atomic E-state index is 12.7. The van der Waals surface area contributed by atoms with E-state index in [4.69, 9.17) is 18.9 Å². The van der Waals surface area contributed by atoms with Crippen LogP contribution in [0.4, 0.5) is 4.79 Å². The normalized spacial score (nSPS) is 21.4. The third kappa shape index (κ3) is 15.5. The summed E-state index contributed by atoms with van der Waals surface area (Å²) in [6, 6.07) is 0.112. The Morgan fingerprint density at radius 3 is 1.92 bits per heavy atom. The lowest BCUT2D eigenvalue weighted by atomic mass is 9.85. The molecule has 51 heavy (non-hydrogen) atoms. The largest absolute Gasteiger partial charge is 0.481 e. The number of allylic oxidation sites excluding steroid dienone is 1. The Hall–Kier alpha value is -2.57. The number of nitrogens with zero attached hydrogens (tertiary/aromatic N) is 2. The highest BCUT2D eigenvalue weighted by molar-refractivity contribution is 5.81. The van der Waals surface area contributed by atoms with E-state index < -0.39 is 16.8 Å². The van der Waals surface area contributed by atoms with Crippen LogP contribution in [0, 0.1) is 28.6 Å². The summed E-state index contributed by atoms with van der Waals surface area (Å²) in [5.74, 6) is 1.09. The number of hydrogen-bond acceptors (Lipinski definition) is 9. The molecule has 2 amide bonds. The molecule has 0 aromatic heterocycles. The summed E-state index contributed by atoms with van der Waals surface area (Å²) in [7, 11) is 1.59. The van der Waals surface area contributed by atoms with Crippen molar-refractivity contribution >= 4 is 18.0 Å². The summed E-state index contributed by atoms with van der Waals surface area (Å²) in [5, 5.41) is 23.8. The molecule has 0 spiro atoms. The summed E-state index contributed by atoms with van der Waals surface area (Å²) < 4.78 is 22.4. The second kappa shape index (κ2) is 22.5. The fourth-order valence-electron chi connectivity index (χ4n) is 7.34. The minimum absolute atomic E-state index is 0.0692. The number of ether oxygens (including phenoxy) is 4. The van der Waals surface area contributed by atoms with Crippen LogP contribution in [0.5, 0.6) is 0 Å². The second-order valence-electron chi connectivity index (χ2n) is 15.9.